The van der Waals surface area contributed by atoms with Crippen LogP contribution in [-0.4, -0.2) is 37.1 Å². The minimum Gasteiger partial charge on any atom is -0.396 e. The molecule has 1 saturated carbocycles. The molecule has 0 saturated heterocycles. The standard InChI is InChI=1S/C17H18O4S/c18-11-17(12-19)15(13-7-3-1-4-8-13)16(17)22(20,21)14-9-5-2-6-10-14/h1-10,15-16,18-19H,11-12H2/t15-,16+/m0/s1. The molecule has 4 nitrogen and oxygen atoms in total. The van der Waals surface area contributed by atoms with Gasteiger partial charge in [-0.15, -0.1) is 0 Å². The van der Waals surface area contributed by atoms with Gasteiger partial charge in [-0.1, -0.05) is 48.5 Å². The highest BCUT2D eigenvalue weighted by Gasteiger charge is 2.70. The summed E-state index contributed by atoms with van der Waals surface area (Å²) in [6.07, 6.45) is 0. The van der Waals surface area contributed by atoms with Gasteiger partial charge in [-0.2, -0.15) is 0 Å². The lowest BCUT2D eigenvalue weighted by Gasteiger charge is -2.11. The van der Waals surface area contributed by atoms with E-state index in [0.29, 0.717) is 0 Å². The fourth-order valence-electron chi connectivity index (χ4n) is 3.29. The summed E-state index contributed by atoms with van der Waals surface area (Å²) in [5, 5.41) is 18.7. The molecule has 2 aromatic rings. The molecule has 0 spiro atoms. The van der Waals surface area contributed by atoms with Gasteiger partial charge >= 0.3 is 0 Å². The maximum absolute atomic E-state index is 12.9. The molecule has 2 aromatic carbocycles. The number of sulfone groups is 1. The van der Waals surface area contributed by atoms with E-state index in [9.17, 15) is 18.6 Å². The van der Waals surface area contributed by atoms with Crippen LogP contribution in [-0.2, 0) is 9.84 Å². The van der Waals surface area contributed by atoms with Crippen molar-refractivity contribution >= 4 is 9.84 Å². The Morgan fingerprint density at radius 2 is 1.36 bits per heavy atom. The van der Waals surface area contributed by atoms with Gasteiger partial charge in [0.1, 0.15) is 0 Å². The zero-order chi connectivity index (χ0) is 15.8. The van der Waals surface area contributed by atoms with Crippen molar-refractivity contribution in [3.05, 3.63) is 66.2 Å². The van der Waals surface area contributed by atoms with Crippen molar-refractivity contribution in [3.63, 3.8) is 0 Å². The van der Waals surface area contributed by atoms with Gasteiger partial charge < -0.3 is 10.2 Å². The maximum atomic E-state index is 12.9. The smallest absolute Gasteiger partial charge is 0.182 e. The van der Waals surface area contributed by atoms with Gasteiger partial charge in [0.25, 0.3) is 0 Å². The van der Waals surface area contributed by atoms with Crippen LogP contribution in [0.15, 0.2) is 65.6 Å². The molecule has 1 aliphatic carbocycles. The normalized spacial score (nSPS) is 23.2. The van der Waals surface area contributed by atoms with Gasteiger partial charge in [0.05, 0.1) is 23.4 Å². The molecule has 22 heavy (non-hydrogen) atoms. The minimum absolute atomic E-state index is 0.227. The third-order valence-electron chi connectivity index (χ3n) is 4.53. The van der Waals surface area contributed by atoms with Crippen LogP contribution in [0.25, 0.3) is 0 Å². The summed E-state index contributed by atoms with van der Waals surface area (Å²) < 4.78 is 25.8. The van der Waals surface area contributed by atoms with Gasteiger partial charge in [0.2, 0.25) is 0 Å². The summed E-state index contributed by atoms with van der Waals surface area (Å²) >= 11 is 0. The molecule has 1 fully saturated rings. The molecule has 0 unspecified atom stereocenters. The highest BCUT2D eigenvalue weighted by atomic mass is 32.2. The largest absolute Gasteiger partial charge is 0.396 e. The second-order valence-corrected chi connectivity index (χ2v) is 7.79. The van der Waals surface area contributed by atoms with Crippen LogP contribution in [0.5, 0.6) is 0 Å². The van der Waals surface area contributed by atoms with E-state index in [-0.39, 0.29) is 18.1 Å². The first kappa shape index (κ1) is 15.2. The molecule has 116 valence electrons. The highest BCUT2D eigenvalue weighted by molar-refractivity contribution is 7.92. The SMILES string of the molecule is O=S(=O)(c1ccccc1)[C@@H]1[C@H](c2ccccc2)C1(CO)CO. The molecule has 0 aliphatic heterocycles. The Morgan fingerprint density at radius 1 is 0.864 bits per heavy atom. The van der Waals surface area contributed by atoms with Crippen molar-refractivity contribution < 1.29 is 18.6 Å². The van der Waals surface area contributed by atoms with Gasteiger partial charge in [-0.3, -0.25) is 0 Å². The lowest BCUT2D eigenvalue weighted by molar-refractivity contribution is 0.130. The average molecular weight is 318 g/mol. The number of benzene rings is 2. The summed E-state index contributed by atoms with van der Waals surface area (Å²) in [7, 11) is -3.61. The van der Waals surface area contributed by atoms with E-state index < -0.39 is 26.4 Å². The second kappa shape index (κ2) is 5.50. The third-order valence-corrected chi connectivity index (χ3v) is 6.87. The Hall–Kier alpha value is -1.69. The van der Waals surface area contributed by atoms with Crippen LogP contribution >= 0.6 is 0 Å². The molecular weight excluding hydrogens is 300 g/mol. The summed E-state index contributed by atoms with van der Waals surface area (Å²) in [6.45, 7) is -0.723. The number of hydrogen-bond donors (Lipinski definition) is 2. The molecule has 0 amide bonds. The minimum atomic E-state index is -3.61. The van der Waals surface area contributed by atoms with E-state index >= 15 is 0 Å². The van der Waals surface area contributed by atoms with Gasteiger partial charge in [-0.05, 0) is 17.7 Å². The van der Waals surface area contributed by atoms with Crippen LogP contribution in [0.3, 0.4) is 0 Å². The van der Waals surface area contributed by atoms with Crippen LogP contribution in [0.2, 0.25) is 0 Å². The topological polar surface area (TPSA) is 74.6 Å². The number of aliphatic hydroxyl groups is 2. The van der Waals surface area contributed by atoms with E-state index in [1.54, 1.807) is 30.3 Å². The van der Waals surface area contributed by atoms with E-state index in [2.05, 4.69) is 0 Å². The number of rotatable bonds is 5. The van der Waals surface area contributed by atoms with Crippen molar-refractivity contribution in [1.29, 1.82) is 0 Å². The molecular formula is C17H18O4S. The highest BCUT2D eigenvalue weighted by Crippen LogP contribution is 2.63. The van der Waals surface area contributed by atoms with Gasteiger partial charge in [0.15, 0.2) is 9.84 Å². The van der Waals surface area contributed by atoms with Crippen molar-refractivity contribution in [3.8, 4) is 0 Å². The van der Waals surface area contributed by atoms with Crippen molar-refractivity contribution in [2.75, 3.05) is 13.2 Å². The molecule has 2 N–H and O–H groups in total. The van der Waals surface area contributed by atoms with Crippen LogP contribution in [0, 0.1) is 5.41 Å². The zero-order valence-electron chi connectivity index (χ0n) is 12.0. The fourth-order valence-corrected chi connectivity index (χ4v) is 5.74. The predicted octanol–water partition coefficient (Wildman–Crippen LogP) is 1.60. The Labute approximate surface area is 130 Å². The van der Waals surface area contributed by atoms with E-state index in [1.807, 2.05) is 30.3 Å². The molecule has 0 aromatic heterocycles. The Bertz CT molecular complexity index is 737. The summed E-state index contributed by atoms with van der Waals surface area (Å²) in [4.78, 5) is 0.227. The summed E-state index contributed by atoms with van der Waals surface area (Å²) in [6, 6.07) is 17.4. The van der Waals surface area contributed by atoms with Crippen molar-refractivity contribution in [1.82, 2.24) is 0 Å². The first-order valence-corrected chi connectivity index (χ1v) is 8.68. The number of aliphatic hydroxyl groups excluding tert-OH is 2. The maximum Gasteiger partial charge on any atom is 0.182 e. The molecule has 1 aliphatic rings. The van der Waals surface area contributed by atoms with Gasteiger partial charge in [-0.25, -0.2) is 8.42 Å². The third kappa shape index (κ3) is 2.17. The quantitative estimate of drug-likeness (QED) is 0.878. The first-order valence-electron chi connectivity index (χ1n) is 7.13. The molecule has 0 bridgehead atoms. The van der Waals surface area contributed by atoms with Crippen molar-refractivity contribution in [2.45, 2.75) is 16.1 Å². The fraction of sp³-hybridized carbons (Fsp3) is 0.294. The Morgan fingerprint density at radius 3 is 1.86 bits per heavy atom. The Kier molecular flexibility index (Phi) is 3.80. The average Bonchev–Trinajstić information content (AvgIpc) is 3.27. The number of hydrogen-bond acceptors (Lipinski definition) is 4. The predicted molar refractivity (Wildman–Crippen MR) is 83.2 cm³/mol. The molecule has 0 radical (unpaired) electrons. The van der Waals surface area contributed by atoms with E-state index in [0.717, 1.165) is 5.56 Å². The zero-order valence-corrected chi connectivity index (χ0v) is 12.8. The van der Waals surface area contributed by atoms with E-state index in [1.165, 1.54) is 0 Å². The van der Waals surface area contributed by atoms with Crippen LogP contribution in [0.4, 0.5) is 0 Å². The molecule has 3 rings (SSSR count). The lowest BCUT2D eigenvalue weighted by Crippen LogP contribution is -2.22. The van der Waals surface area contributed by atoms with Gasteiger partial charge in [0, 0.05) is 11.3 Å². The Balaban J connectivity index is 2.06. The molecule has 0 heterocycles. The molecule has 2 atom stereocenters. The van der Waals surface area contributed by atoms with E-state index in [4.69, 9.17) is 0 Å². The summed E-state index contributed by atoms with van der Waals surface area (Å²) in [5.41, 5.74) is -0.189. The summed E-state index contributed by atoms with van der Waals surface area (Å²) in [5.74, 6) is -0.395. The van der Waals surface area contributed by atoms with Crippen molar-refractivity contribution in [2.24, 2.45) is 5.41 Å². The molecule has 5 heteroatoms. The lowest BCUT2D eigenvalue weighted by atomic mass is 10.0. The van der Waals surface area contributed by atoms with Crippen LogP contribution < -0.4 is 0 Å². The first-order chi connectivity index (χ1) is 10.6. The van der Waals surface area contributed by atoms with Crippen LogP contribution in [0.1, 0.15) is 11.5 Å². The monoisotopic (exact) mass is 318 g/mol. The second-order valence-electron chi connectivity index (χ2n) is 5.72.